The van der Waals surface area contributed by atoms with E-state index in [1.165, 1.54) is 76.9 Å². The fourth-order valence-corrected chi connectivity index (χ4v) is 6.88. The molecule has 0 nitrogen and oxygen atoms in total. The SMILES string of the molecule is CCc1ccc2c(c1)=[C-]C1=C(C3=CC=CC3)C(CC)(C(C)C)C=CC=21.[Cl-].[Cl-].[Zr+2]=[C](c1ccccc1)c1ccccc1. The van der Waals surface area contributed by atoms with Gasteiger partial charge in [-0.1, -0.05) is 86.9 Å². The van der Waals surface area contributed by atoms with Crippen LogP contribution in [0.1, 0.15) is 57.2 Å². The zero-order valence-electron chi connectivity index (χ0n) is 24.3. The first-order valence-corrected chi connectivity index (χ1v) is 15.5. The van der Waals surface area contributed by atoms with Gasteiger partial charge in [-0.25, -0.2) is 0 Å². The molecule has 3 aliphatic rings. The molecular formula is C38H37Cl2Zr-. The van der Waals surface area contributed by atoms with E-state index in [0.717, 1.165) is 19.3 Å². The normalized spacial score (nSPS) is 17.9. The third kappa shape index (κ3) is 6.69. The van der Waals surface area contributed by atoms with Gasteiger partial charge in [-0.3, -0.25) is 0 Å². The molecule has 0 bridgehead atoms. The third-order valence-corrected chi connectivity index (χ3v) is 9.83. The monoisotopic (exact) mass is 653 g/mol. The molecule has 0 amide bonds. The van der Waals surface area contributed by atoms with Crippen LogP contribution in [0.2, 0.25) is 0 Å². The molecule has 0 radical (unpaired) electrons. The van der Waals surface area contributed by atoms with Crippen LogP contribution < -0.4 is 35.3 Å². The Morgan fingerprint density at radius 1 is 0.902 bits per heavy atom. The molecule has 0 N–H and O–H groups in total. The molecule has 1 unspecified atom stereocenters. The molecule has 3 aromatic rings. The zero-order valence-corrected chi connectivity index (χ0v) is 28.3. The van der Waals surface area contributed by atoms with Crippen molar-refractivity contribution < 1.29 is 49.0 Å². The quantitative estimate of drug-likeness (QED) is 0.355. The summed E-state index contributed by atoms with van der Waals surface area (Å²) in [5.74, 6) is 0.566. The van der Waals surface area contributed by atoms with E-state index < -0.39 is 0 Å². The van der Waals surface area contributed by atoms with Crippen LogP contribution in [0.25, 0.3) is 11.6 Å². The van der Waals surface area contributed by atoms with Crippen LogP contribution in [-0.2, 0) is 30.7 Å². The third-order valence-electron chi connectivity index (χ3n) is 8.41. The Kier molecular flexibility index (Phi) is 11.9. The number of allylic oxidation sites excluding steroid dienone is 8. The van der Waals surface area contributed by atoms with Crippen molar-refractivity contribution in [3.05, 3.63) is 153 Å². The molecule has 1 atom stereocenters. The standard InChI is InChI=1S/C25H27.C13H10.2ClH.Zr/c1-5-18-11-12-21-20(15-18)16-23-22(21)13-14-25(6-2,17(3)4)24(23)19-9-7-8-10-19;1-3-7-12(8-4-1)11-13-9-5-2-6-10-13;;;/h7-9,11-15,17H,5-6,10H2,1-4H3;1-10H;2*1H;/q-1;;;;+2/p-2. The van der Waals surface area contributed by atoms with E-state index in [9.17, 15) is 0 Å². The van der Waals surface area contributed by atoms with Gasteiger partial charge in [0.15, 0.2) is 0 Å². The van der Waals surface area contributed by atoms with Crippen LogP contribution in [0.15, 0.2) is 126 Å². The number of fused-ring (bicyclic) bond motifs is 2. The Balaban J connectivity index is 0.000000248. The summed E-state index contributed by atoms with van der Waals surface area (Å²) in [6, 6.07) is 28.0. The maximum absolute atomic E-state index is 3.80. The topological polar surface area (TPSA) is 0 Å². The molecule has 41 heavy (non-hydrogen) atoms. The predicted molar refractivity (Wildman–Crippen MR) is 164 cm³/mol. The van der Waals surface area contributed by atoms with E-state index in [1.54, 1.807) is 0 Å². The molecule has 3 heteroatoms. The molecule has 3 aliphatic carbocycles. The van der Waals surface area contributed by atoms with Crippen LogP contribution in [0.4, 0.5) is 0 Å². The zero-order chi connectivity index (χ0) is 27.4. The number of aryl methyl sites for hydroxylation is 1. The first-order chi connectivity index (χ1) is 19.0. The van der Waals surface area contributed by atoms with Crippen LogP contribution >= 0.6 is 0 Å². The van der Waals surface area contributed by atoms with Gasteiger partial charge in [0.1, 0.15) is 0 Å². The van der Waals surface area contributed by atoms with Crippen molar-refractivity contribution in [3.8, 4) is 0 Å². The molecule has 3 aromatic carbocycles. The van der Waals surface area contributed by atoms with Gasteiger partial charge in [0.25, 0.3) is 0 Å². The van der Waals surface area contributed by atoms with E-state index in [2.05, 4.69) is 143 Å². The van der Waals surface area contributed by atoms with Crippen LogP contribution in [0.5, 0.6) is 0 Å². The van der Waals surface area contributed by atoms with Crippen molar-refractivity contribution in [1.82, 2.24) is 0 Å². The van der Waals surface area contributed by atoms with Crippen LogP contribution in [0.3, 0.4) is 0 Å². The Hall–Kier alpha value is -2.31. The van der Waals surface area contributed by atoms with Crippen LogP contribution in [-0.4, -0.2) is 3.21 Å². The molecule has 6 rings (SSSR count). The summed E-state index contributed by atoms with van der Waals surface area (Å²) >= 11 is 1.46. The van der Waals surface area contributed by atoms with Gasteiger partial charge < -0.3 is 24.8 Å². The molecule has 208 valence electrons. The molecule has 0 heterocycles. The Bertz CT molecular complexity index is 1580. The second-order valence-corrected chi connectivity index (χ2v) is 12.1. The molecule has 0 fully saturated rings. The number of hydrogen-bond acceptors (Lipinski definition) is 0. The maximum atomic E-state index is 3.80. The van der Waals surface area contributed by atoms with E-state index in [-0.39, 0.29) is 30.2 Å². The van der Waals surface area contributed by atoms with E-state index in [4.69, 9.17) is 0 Å². The fraction of sp³-hybridized carbons (Fsp3) is 0.237. The Morgan fingerprint density at radius 3 is 2.05 bits per heavy atom. The van der Waals surface area contributed by atoms with Crippen LogP contribution in [0, 0.1) is 11.3 Å². The summed E-state index contributed by atoms with van der Waals surface area (Å²) < 4.78 is 1.42. The molecule has 0 aliphatic heterocycles. The van der Waals surface area contributed by atoms with Gasteiger partial charge in [-0.15, -0.1) is 33.7 Å². The number of rotatable bonds is 6. The molecule has 0 aromatic heterocycles. The summed E-state index contributed by atoms with van der Waals surface area (Å²) in [7, 11) is 0. The number of benzene rings is 3. The van der Waals surface area contributed by atoms with Gasteiger partial charge >= 0.3 is 99.2 Å². The fourth-order valence-electron chi connectivity index (χ4n) is 6.06. The minimum absolute atomic E-state index is 0. The average Bonchev–Trinajstić information content (AvgIpc) is 3.65. The Labute approximate surface area is 273 Å². The van der Waals surface area contributed by atoms with Gasteiger partial charge in [0, 0.05) is 0 Å². The van der Waals surface area contributed by atoms with Crippen molar-refractivity contribution in [3.63, 3.8) is 0 Å². The molecule has 0 saturated heterocycles. The van der Waals surface area contributed by atoms with Crippen molar-refractivity contribution in [2.45, 2.75) is 47.0 Å². The van der Waals surface area contributed by atoms with E-state index >= 15 is 0 Å². The van der Waals surface area contributed by atoms with Crippen molar-refractivity contribution in [2.24, 2.45) is 11.3 Å². The minimum atomic E-state index is 0. The summed E-state index contributed by atoms with van der Waals surface area (Å²) in [6.45, 7) is 9.27. The van der Waals surface area contributed by atoms with E-state index in [0.29, 0.717) is 5.92 Å². The van der Waals surface area contributed by atoms with Gasteiger partial charge in [0.2, 0.25) is 0 Å². The first kappa shape index (κ1) is 33.2. The second kappa shape index (κ2) is 14.7. The average molecular weight is 656 g/mol. The van der Waals surface area contributed by atoms with Gasteiger partial charge in [-0.05, 0) is 30.6 Å². The van der Waals surface area contributed by atoms with Gasteiger partial charge in [-0.2, -0.15) is 0 Å². The molecular weight excluding hydrogens is 619 g/mol. The number of halogens is 2. The first-order valence-electron chi connectivity index (χ1n) is 14.3. The van der Waals surface area contributed by atoms with E-state index in [1.807, 2.05) is 0 Å². The summed E-state index contributed by atoms with van der Waals surface area (Å²) in [5, 5.41) is 2.62. The van der Waals surface area contributed by atoms with Crippen molar-refractivity contribution in [1.29, 1.82) is 0 Å². The molecule has 0 spiro atoms. The summed E-state index contributed by atoms with van der Waals surface area (Å²) in [5.41, 5.74) is 9.86. The van der Waals surface area contributed by atoms with Crippen molar-refractivity contribution in [2.75, 3.05) is 0 Å². The molecule has 0 saturated carbocycles. The predicted octanol–water partition coefficient (Wildman–Crippen LogP) is 1.69. The summed E-state index contributed by atoms with van der Waals surface area (Å²) in [6.07, 6.45) is 18.7. The summed E-state index contributed by atoms with van der Waals surface area (Å²) in [4.78, 5) is 0. The second-order valence-electron chi connectivity index (χ2n) is 10.8. The number of hydrogen-bond donors (Lipinski definition) is 0. The van der Waals surface area contributed by atoms with Crippen molar-refractivity contribution >= 4 is 14.9 Å². The van der Waals surface area contributed by atoms with Gasteiger partial charge in [0.05, 0.1) is 0 Å². The Morgan fingerprint density at radius 2 is 1.54 bits per heavy atom.